The standard InChI is InChI=1S/C14H15N3O2S/c1-18-9-19-13-5-4-11-6-10(2-3-12(11)7-13)8-16-17-14(15)20/h2-8H,9H2,1H3,(H3,15,17,20)/b16-8+. The molecule has 2 aromatic carbocycles. The van der Waals surface area contributed by atoms with E-state index >= 15 is 0 Å². The Kier molecular flexibility index (Phi) is 4.86. The van der Waals surface area contributed by atoms with Crippen LogP contribution in [0.5, 0.6) is 5.75 Å². The van der Waals surface area contributed by atoms with E-state index in [1.807, 2.05) is 36.4 Å². The van der Waals surface area contributed by atoms with Gasteiger partial charge in [-0.05, 0) is 46.8 Å². The highest BCUT2D eigenvalue weighted by atomic mass is 32.1. The Labute approximate surface area is 122 Å². The molecule has 0 saturated heterocycles. The molecule has 2 aromatic rings. The number of fused-ring (bicyclic) bond motifs is 1. The molecule has 3 N–H and O–H groups in total. The van der Waals surface area contributed by atoms with Gasteiger partial charge in [0.1, 0.15) is 5.75 Å². The van der Waals surface area contributed by atoms with Crippen molar-refractivity contribution in [2.24, 2.45) is 10.8 Å². The van der Waals surface area contributed by atoms with Crippen LogP contribution in [0.15, 0.2) is 41.5 Å². The van der Waals surface area contributed by atoms with Crippen LogP contribution in [-0.4, -0.2) is 25.2 Å². The predicted octanol–water partition coefficient (Wildman–Crippen LogP) is 1.99. The number of methoxy groups -OCH3 is 1. The van der Waals surface area contributed by atoms with E-state index in [0.717, 1.165) is 22.1 Å². The van der Waals surface area contributed by atoms with Crippen molar-refractivity contribution in [3.63, 3.8) is 0 Å². The number of thiocarbonyl (C=S) groups is 1. The second-order valence-electron chi connectivity index (χ2n) is 4.05. The molecule has 104 valence electrons. The van der Waals surface area contributed by atoms with Crippen LogP contribution in [0.25, 0.3) is 10.8 Å². The van der Waals surface area contributed by atoms with E-state index in [1.54, 1.807) is 13.3 Å². The maximum Gasteiger partial charge on any atom is 0.188 e. The summed E-state index contributed by atoms with van der Waals surface area (Å²) in [5, 5.41) is 6.24. The van der Waals surface area contributed by atoms with Gasteiger partial charge in [-0.25, -0.2) is 0 Å². The summed E-state index contributed by atoms with van der Waals surface area (Å²) in [5.74, 6) is 0.774. The number of nitrogens with zero attached hydrogens (tertiary/aromatic N) is 1. The smallest absolute Gasteiger partial charge is 0.188 e. The molecular formula is C14H15N3O2S. The molecule has 0 spiro atoms. The van der Waals surface area contributed by atoms with Gasteiger partial charge < -0.3 is 15.2 Å². The number of hydrogen-bond acceptors (Lipinski definition) is 4. The third kappa shape index (κ3) is 3.91. The molecule has 2 rings (SSSR count). The maximum atomic E-state index is 5.40. The molecule has 0 saturated carbocycles. The van der Waals surface area contributed by atoms with E-state index in [4.69, 9.17) is 15.2 Å². The Morgan fingerprint density at radius 2 is 2.05 bits per heavy atom. The molecule has 0 aliphatic rings. The number of nitrogens with two attached hydrogens (primary N) is 1. The predicted molar refractivity (Wildman–Crippen MR) is 84.0 cm³/mol. The summed E-state index contributed by atoms with van der Waals surface area (Å²) in [5.41, 5.74) is 8.76. The van der Waals surface area contributed by atoms with Crippen LogP contribution >= 0.6 is 12.2 Å². The van der Waals surface area contributed by atoms with Crippen molar-refractivity contribution in [1.29, 1.82) is 0 Å². The minimum Gasteiger partial charge on any atom is -0.468 e. The highest BCUT2D eigenvalue weighted by molar-refractivity contribution is 7.80. The molecule has 0 fully saturated rings. The molecule has 0 amide bonds. The topological polar surface area (TPSA) is 68.9 Å². The zero-order valence-electron chi connectivity index (χ0n) is 11.0. The van der Waals surface area contributed by atoms with E-state index < -0.39 is 0 Å². The third-order valence-corrected chi connectivity index (χ3v) is 2.66. The van der Waals surface area contributed by atoms with Crippen molar-refractivity contribution in [2.75, 3.05) is 13.9 Å². The zero-order chi connectivity index (χ0) is 14.4. The monoisotopic (exact) mass is 289 g/mol. The van der Waals surface area contributed by atoms with Crippen LogP contribution < -0.4 is 15.9 Å². The summed E-state index contributed by atoms with van der Waals surface area (Å²) in [6, 6.07) is 11.8. The van der Waals surface area contributed by atoms with Gasteiger partial charge in [-0.2, -0.15) is 5.10 Å². The molecular weight excluding hydrogens is 274 g/mol. The Hall–Kier alpha value is -2.18. The minimum absolute atomic E-state index is 0.141. The van der Waals surface area contributed by atoms with Gasteiger partial charge in [-0.1, -0.05) is 18.2 Å². The summed E-state index contributed by atoms with van der Waals surface area (Å²) in [4.78, 5) is 0. The molecule has 0 aromatic heterocycles. The lowest BCUT2D eigenvalue weighted by Crippen LogP contribution is -2.23. The number of ether oxygens (including phenoxy) is 2. The molecule has 0 aliphatic carbocycles. The fourth-order valence-electron chi connectivity index (χ4n) is 1.71. The van der Waals surface area contributed by atoms with Gasteiger partial charge in [0.05, 0.1) is 6.21 Å². The third-order valence-electron chi connectivity index (χ3n) is 2.57. The first-order valence-electron chi connectivity index (χ1n) is 5.93. The van der Waals surface area contributed by atoms with Crippen LogP contribution in [-0.2, 0) is 4.74 Å². The maximum absolute atomic E-state index is 5.40. The summed E-state index contributed by atoms with van der Waals surface area (Å²) in [6.07, 6.45) is 1.66. The molecule has 0 bridgehead atoms. The van der Waals surface area contributed by atoms with E-state index in [1.165, 1.54) is 0 Å². The van der Waals surface area contributed by atoms with Crippen molar-refractivity contribution in [3.05, 3.63) is 42.0 Å². The first kappa shape index (κ1) is 14.2. The summed E-state index contributed by atoms with van der Waals surface area (Å²) in [6.45, 7) is 0.237. The number of hydrazone groups is 1. The van der Waals surface area contributed by atoms with Gasteiger partial charge in [0.25, 0.3) is 0 Å². The number of hydrogen-bond donors (Lipinski definition) is 2. The SMILES string of the molecule is COCOc1ccc2cc(/C=N/NC(N)=S)ccc2c1. The van der Waals surface area contributed by atoms with E-state index in [2.05, 4.69) is 22.7 Å². The Balaban J connectivity index is 2.18. The van der Waals surface area contributed by atoms with Gasteiger partial charge in [-0.15, -0.1) is 0 Å². The molecule has 0 heterocycles. The Bertz CT molecular complexity index is 643. The second-order valence-corrected chi connectivity index (χ2v) is 4.49. The average molecular weight is 289 g/mol. The fraction of sp³-hybridized carbons (Fsp3) is 0.143. The zero-order valence-corrected chi connectivity index (χ0v) is 11.8. The molecule has 20 heavy (non-hydrogen) atoms. The van der Waals surface area contributed by atoms with E-state index in [9.17, 15) is 0 Å². The van der Waals surface area contributed by atoms with Gasteiger partial charge in [0, 0.05) is 7.11 Å². The van der Waals surface area contributed by atoms with E-state index in [-0.39, 0.29) is 11.9 Å². The highest BCUT2D eigenvalue weighted by Crippen LogP contribution is 2.21. The van der Waals surface area contributed by atoms with Gasteiger partial charge in [0.2, 0.25) is 0 Å². The van der Waals surface area contributed by atoms with Crippen LogP contribution in [0.3, 0.4) is 0 Å². The first-order chi connectivity index (χ1) is 9.69. The lowest BCUT2D eigenvalue weighted by Gasteiger charge is -2.06. The second kappa shape index (κ2) is 6.83. The van der Waals surface area contributed by atoms with Crippen molar-refractivity contribution in [2.45, 2.75) is 0 Å². The molecule has 0 unspecified atom stereocenters. The lowest BCUT2D eigenvalue weighted by atomic mass is 10.1. The van der Waals surface area contributed by atoms with Crippen LogP contribution in [0, 0.1) is 0 Å². The molecule has 6 heteroatoms. The minimum atomic E-state index is 0.141. The number of benzene rings is 2. The van der Waals surface area contributed by atoms with Crippen LogP contribution in [0.1, 0.15) is 5.56 Å². The number of rotatable bonds is 5. The largest absolute Gasteiger partial charge is 0.468 e. The Morgan fingerprint density at radius 3 is 2.80 bits per heavy atom. The van der Waals surface area contributed by atoms with Gasteiger partial charge in [-0.3, -0.25) is 5.43 Å². The van der Waals surface area contributed by atoms with E-state index in [0.29, 0.717) is 0 Å². The number of nitrogens with one attached hydrogen (secondary N) is 1. The summed E-state index contributed by atoms with van der Waals surface area (Å²) < 4.78 is 10.3. The summed E-state index contributed by atoms with van der Waals surface area (Å²) >= 11 is 4.67. The first-order valence-corrected chi connectivity index (χ1v) is 6.34. The van der Waals surface area contributed by atoms with Crippen molar-refractivity contribution in [1.82, 2.24) is 5.43 Å². The fourth-order valence-corrected chi connectivity index (χ4v) is 1.76. The molecule has 0 radical (unpaired) electrons. The normalized spacial score (nSPS) is 10.8. The summed E-state index contributed by atoms with van der Waals surface area (Å²) in [7, 11) is 1.59. The van der Waals surface area contributed by atoms with Crippen molar-refractivity contribution < 1.29 is 9.47 Å². The molecule has 0 aliphatic heterocycles. The molecule has 0 atom stereocenters. The molecule has 5 nitrogen and oxygen atoms in total. The van der Waals surface area contributed by atoms with Crippen LogP contribution in [0.4, 0.5) is 0 Å². The Morgan fingerprint density at radius 1 is 1.30 bits per heavy atom. The van der Waals surface area contributed by atoms with Gasteiger partial charge >= 0.3 is 0 Å². The van der Waals surface area contributed by atoms with Crippen molar-refractivity contribution >= 4 is 34.3 Å². The quantitative estimate of drug-likeness (QED) is 0.381. The highest BCUT2D eigenvalue weighted by Gasteiger charge is 1.98. The average Bonchev–Trinajstić information content (AvgIpc) is 2.44. The van der Waals surface area contributed by atoms with Crippen LogP contribution in [0.2, 0.25) is 0 Å². The lowest BCUT2D eigenvalue weighted by molar-refractivity contribution is 0.0512. The van der Waals surface area contributed by atoms with Crippen molar-refractivity contribution in [3.8, 4) is 5.75 Å². The van der Waals surface area contributed by atoms with Gasteiger partial charge in [0.15, 0.2) is 11.9 Å².